The molecule has 0 saturated carbocycles. The molecule has 160 valence electrons. The number of hydrogen-bond acceptors (Lipinski definition) is 4. The molecule has 0 radical (unpaired) electrons. The first-order chi connectivity index (χ1) is 10.3. The predicted octanol–water partition coefficient (Wildman–Crippen LogP) is 6.57. The highest BCUT2D eigenvalue weighted by Crippen LogP contribution is 2.12. The van der Waals surface area contributed by atoms with Crippen LogP contribution in [0, 0.1) is 0 Å². The van der Waals surface area contributed by atoms with Crippen LogP contribution in [0.2, 0.25) is 0 Å². The van der Waals surface area contributed by atoms with Gasteiger partial charge in [-0.15, -0.1) is 24.8 Å². The first-order valence-electron chi connectivity index (χ1n) is 9.73. The highest BCUT2D eigenvalue weighted by Gasteiger charge is 1.95. The summed E-state index contributed by atoms with van der Waals surface area (Å²) in [5.74, 6) is 0. The van der Waals surface area contributed by atoms with Gasteiger partial charge < -0.3 is 23.4 Å². The Morgan fingerprint density at radius 2 is 0.960 bits per heavy atom. The summed E-state index contributed by atoms with van der Waals surface area (Å²) in [4.78, 5) is 0. The molecular weight excluding hydrogens is 355 g/mol. The Bertz CT molecular complexity index is 196. The van der Waals surface area contributed by atoms with Crippen LogP contribution in [-0.2, 0) is 0 Å². The molecule has 0 aromatic heterocycles. The lowest BCUT2D eigenvalue weighted by Crippen LogP contribution is -2.31. The standard InChI is InChI=1S/C19H42N2.2ClH.2H3N/c1-3-4-5-6-7-8-9-10-11-12-13-14-15-16-17-21-18-19(2)20;;;;/h19,21H,3-18,20H2,1-2H3;2*1H;2*1H3. The van der Waals surface area contributed by atoms with Gasteiger partial charge in [-0.1, -0.05) is 90.4 Å². The van der Waals surface area contributed by atoms with Crippen LogP contribution in [-0.4, -0.2) is 19.1 Å². The van der Waals surface area contributed by atoms with Crippen LogP contribution in [0.3, 0.4) is 0 Å². The van der Waals surface area contributed by atoms with Crippen molar-refractivity contribution in [2.24, 2.45) is 5.73 Å². The van der Waals surface area contributed by atoms with E-state index in [2.05, 4.69) is 19.2 Å². The van der Waals surface area contributed by atoms with Crippen molar-refractivity contribution in [1.82, 2.24) is 17.6 Å². The Labute approximate surface area is 171 Å². The van der Waals surface area contributed by atoms with E-state index in [4.69, 9.17) is 5.73 Å². The molecule has 0 rings (SSSR count). The minimum Gasteiger partial charge on any atom is -0.344 e. The third-order valence-electron chi connectivity index (χ3n) is 4.17. The zero-order valence-corrected chi connectivity index (χ0v) is 18.8. The molecule has 0 heterocycles. The van der Waals surface area contributed by atoms with Gasteiger partial charge in [-0.25, -0.2) is 0 Å². The smallest absolute Gasteiger partial charge is 0.0136 e. The maximum absolute atomic E-state index is 5.69. The SMILES string of the molecule is CCCCCCCCCCCCCCCCNCC(C)N.Cl.Cl.N.N. The summed E-state index contributed by atoms with van der Waals surface area (Å²) in [7, 11) is 0. The molecule has 0 amide bonds. The molecule has 0 aliphatic carbocycles. The van der Waals surface area contributed by atoms with Gasteiger partial charge in [0.2, 0.25) is 0 Å². The number of nitrogens with one attached hydrogen (secondary N) is 1. The van der Waals surface area contributed by atoms with Crippen molar-refractivity contribution in [3.05, 3.63) is 0 Å². The zero-order chi connectivity index (χ0) is 15.6. The van der Waals surface area contributed by atoms with E-state index < -0.39 is 0 Å². The molecule has 0 aromatic carbocycles. The first-order valence-corrected chi connectivity index (χ1v) is 9.73. The third-order valence-corrected chi connectivity index (χ3v) is 4.17. The molecule has 1 atom stereocenters. The van der Waals surface area contributed by atoms with E-state index in [1.165, 1.54) is 89.9 Å². The molecule has 25 heavy (non-hydrogen) atoms. The first kappa shape index (κ1) is 36.4. The van der Waals surface area contributed by atoms with Gasteiger partial charge >= 0.3 is 0 Å². The Balaban J connectivity index is -0.000000333. The average molecular weight is 406 g/mol. The summed E-state index contributed by atoms with van der Waals surface area (Å²) in [6.07, 6.45) is 20.0. The molecule has 0 fully saturated rings. The van der Waals surface area contributed by atoms with Gasteiger partial charge in [0.05, 0.1) is 0 Å². The van der Waals surface area contributed by atoms with Crippen LogP contribution in [0.1, 0.15) is 104 Å². The van der Waals surface area contributed by atoms with Crippen molar-refractivity contribution in [2.75, 3.05) is 13.1 Å². The fourth-order valence-corrected chi connectivity index (χ4v) is 2.77. The quantitative estimate of drug-likeness (QED) is 0.205. The van der Waals surface area contributed by atoms with E-state index in [-0.39, 0.29) is 43.2 Å². The second kappa shape index (κ2) is 32.1. The molecule has 4 nitrogen and oxygen atoms in total. The lowest BCUT2D eigenvalue weighted by molar-refractivity contribution is 0.525. The van der Waals surface area contributed by atoms with Crippen LogP contribution in [0.4, 0.5) is 0 Å². The van der Waals surface area contributed by atoms with E-state index in [1.54, 1.807) is 0 Å². The molecule has 0 bridgehead atoms. The van der Waals surface area contributed by atoms with Crippen molar-refractivity contribution >= 4 is 24.8 Å². The Kier molecular flexibility index (Phi) is 46.7. The topological polar surface area (TPSA) is 108 Å². The van der Waals surface area contributed by atoms with E-state index in [0.717, 1.165) is 13.1 Å². The molecular formula is C19H50Cl2N4. The van der Waals surface area contributed by atoms with Crippen LogP contribution >= 0.6 is 24.8 Å². The Morgan fingerprint density at radius 1 is 0.640 bits per heavy atom. The average Bonchev–Trinajstić information content (AvgIpc) is 2.46. The predicted molar refractivity (Wildman–Crippen MR) is 121 cm³/mol. The number of nitrogens with two attached hydrogens (primary N) is 1. The van der Waals surface area contributed by atoms with Crippen LogP contribution < -0.4 is 23.4 Å². The summed E-state index contributed by atoms with van der Waals surface area (Å²) in [6.45, 7) is 6.44. The third kappa shape index (κ3) is 36.2. The summed E-state index contributed by atoms with van der Waals surface area (Å²) in [6, 6.07) is 0.289. The maximum Gasteiger partial charge on any atom is 0.0136 e. The molecule has 9 N–H and O–H groups in total. The van der Waals surface area contributed by atoms with Crippen molar-refractivity contribution in [3.63, 3.8) is 0 Å². The van der Waals surface area contributed by atoms with Gasteiger partial charge in [-0.05, 0) is 19.9 Å². The molecule has 6 heteroatoms. The minimum absolute atomic E-state index is 0. The van der Waals surface area contributed by atoms with E-state index in [1.807, 2.05) is 0 Å². The summed E-state index contributed by atoms with van der Waals surface area (Å²) in [5, 5.41) is 3.40. The van der Waals surface area contributed by atoms with E-state index >= 15 is 0 Å². The molecule has 0 aliphatic rings. The Hall–Kier alpha value is 0.420. The number of unbranched alkanes of at least 4 members (excludes halogenated alkanes) is 13. The number of rotatable bonds is 17. The molecule has 0 saturated heterocycles. The van der Waals surface area contributed by atoms with Crippen molar-refractivity contribution in [1.29, 1.82) is 0 Å². The van der Waals surface area contributed by atoms with Gasteiger partial charge in [0.25, 0.3) is 0 Å². The lowest BCUT2D eigenvalue weighted by Gasteiger charge is -2.07. The summed E-state index contributed by atoms with van der Waals surface area (Å²) >= 11 is 0. The highest BCUT2D eigenvalue weighted by molar-refractivity contribution is 5.85. The van der Waals surface area contributed by atoms with Gasteiger partial charge in [-0.2, -0.15) is 0 Å². The summed E-state index contributed by atoms with van der Waals surface area (Å²) in [5.41, 5.74) is 5.69. The fraction of sp³-hybridized carbons (Fsp3) is 1.00. The van der Waals surface area contributed by atoms with Crippen LogP contribution in [0.25, 0.3) is 0 Å². The van der Waals surface area contributed by atoms with Gasteiger partial charge in [0.1, 0.15) is 0 Å². The summed E-state index contributed by atoms with van der Waals surface area (Å²) < 4.78 is 0. The second-order valence-electron chi connectivity index (χ2n) is 6.78. The zero-order valence-electron chi connectivity index (χ0n) is 17.2. The van der Waals surface area contributed by atoms with Crippen LogP contribution in [0.5, 0.6) is 0 Å². The number of hydrogen-bond donors (Lipinski definition) is 4. The lowest BCUT2D eigenvalue weighted by atomic mass is 10.0. The molecule has 0 aromatic rings. The maximum atomic E-state index is 5.69. The highest BCUT2D eigenvalue weighted by atomic mass is 35.5. The Morgan fingerprint density at radius 3 is 1.28 bits per heavy atom. The molecule has 0 spiro atoms. The van der Waals surface area contributed by atoms with Crippen molar-refractivity contribution in [2.45, 2.75) is 110 Å². The molecule has 1 unspecified atom stereocenters. The van der Waals surface area contributed by atoms with Crippen molar-refractivity contribution in [3.8, 4) is 0 Å². The monoisotopic (exact) mass is 404 g/mol. The second-order valence-corrected chi connectivity index (χ2v) is 6.78. The van der Waals surface area contributed by atoms with Gasteiger partial charge in [-0.3, -0.25) is 0 Å². The van der Waals surface area contributed by atoms with Gasteiger partial charge in [0, 0.05) is 12.6 Å². The largest absolute Gasteiger partial charge is 0.344 e. The van der Waals surface area contributed by atoms with E-state index in [0.29, 0.717) is 0 Å². The van der Waals surface area contributed by atoms with E-state index in [9.17, 15) is 0 Å². The van der Waals surface area contributed by atoms with Crippen LogP contribution in [0.15, 0.2) is 0 Å². The normalized spacial score (nSPS) is 10.7. The number of halogens is 2. The van der Waals surface area contributed by atoms with Gasteiger partial charge in [0.15, 0.2) is 0 Å². The fourth-order valence-electron chi connectivity index (χ4n) is 2.77. The molecule has 0 aliphatic heterocycles. The van der Waals surface area contributed by atoms with Crippen molar-refractivity contribution < 1.29 is 0 Å². The minimum atomic E-state index is 0.